The van der Waals surface area contributed by atoms with E-state index >= 15 is 0 Å². The van der Waals surface area contributed by atoms with E-state index in [1.807, 2.05) is 55.6 Å². The summed E-state index contributed by atoms with van der Waals surface area (Å²) >= 11 is 0. The van der Waals surface area contributed by atoms with Crippen molar-refractivity contribution in [3.05, 3.63) is 65.2 Å². The van der Waals surface area contributed by atoms with Crippen LogP contribution in [0.5, 0.6) is 5.75 Å². The van der Waals surface area contributed by atoms with Crippen LogP contribution in [0.15, 0.2) is 48.5 Å². The Kier molecular flexibility index (Phi) is 4.39. The molecule has 4 nitrogen and oxygen atoms in total. The number of nitrogens with one attached hydrogen (secondary N) is 2. The zero-order chi connectivity index (χ0) is 15.4. The second-order valence-corrected chi connectivity index (χ2v) is 5.39. The lowest BCUT2D eigenvalue weighted by atomic mass is 10.0. The van der Waals surface area contributed by atoms with Gasteiger partial charge in [-0.3, -0.25) is 4.79 Å². The molecule has 2 aromatic carbocycles. The first-order valence-corrected chi connectivity index (χ1v) is 7.54. The van der Waals surface area contributed by atoms with Crippen molar-refractivity contribution in [3.63, 3.8) is 0 Å². The standard InChI is InChI=1S/C18H20N2O2/c1-19-11-10-13-6-2-3-7-14(13)18(21)20-16-12-22-17-9-5-4-8-15(16)17/h2-9,16,19H,10-12H2,1H3,(H,20,21). The number of fused-ring (bicyclic) bond motifs is 1. The average molecular weight is 296 g/mol. The molecule has 0 aromatic heterocycles. The van der Waals surface area contributed by atoms with Crippen molar-refractivity contribution in [2.24, 2.45) is 0 Å². The number of carbonyl (C=O) groups is 1. The number of hydrogen-bond acceptors (Lipinski definition) is 3. The van der Waals surface area contributed by atoms with Crippen LogP contribution in [-0.4, -0.2) is 26.1 Å². The molecule has 1 unspecified atom stereocenters. The van der Waals surface area contributed by atoms with E-state index in [1.54, 1.807) is 0 Å². The van der Waals surface area contributed by atoms with Crippen LogP contribution in [0.25, 0.3) is 0 Å². The fourth-order valence-electron chi connectivity index (χ4n) is 2.74. The van der Waals surface area contributed by atoms with Gasteiger partial charge in [-0.15, -0.1) is 0 Å². The van der Waals surface area contributed by atoms with Gasteiger partial charge in [0.05, 0.1) is 6.04 Å². The van der Waals surface area contributed by atoms with Gasteiger partial charge in [0.1, 0.15) is 12.4 Å². The van der Waals surface area contributed by atoms with Crippen LogP contribution in [-0.2, 0) is 6.42 Å². The minimum atomic E-state index is -0.0824. The minimum Gasteiger partial charge on any atom is -0.491 e. The van der Waals surface area contributed by atoms with E-state index in [1.165, 1.54) is 0 Å². The van der Waals surface area contributed by atoms with Gasteiger partial charge in [-0.2, -0.15) is 0 Å². The molecule has 4 heteroatoms. The quantitative estimate of drug-likeness (QED) is 0.890. The lowest BCUT2D eigenvalue weighted by Crippen LogP contribution is -2.30. The summed E-state index contributed by atoms with van der Waals surface area (Å²) in [4.78, 5) is 12.6. The van der Waals surface area contributed by atoms with Crippen molar-refractivity contribution in [2.45, 2.75) is 12.5 Å². The molecule has 3 rings (SSSR count). The summed E-state index contributed by atoms with van der Waals surface area (Å²) in [6.45, 7) is 1.34. The molecular formula is C18H20N2O2. The smallest absolute Gasteiger partial charge is 0.252 e. The third kappa shape index (κ3) is 2.97. The molecule has 2 N–H and O–H groups in total. The van der Waals surface area contributed by atoms with Gasteiger partial charge in [0.2, 0.25) is 0 Å². The second-order valence-electron chi connectivity index (χ2n) is 5.39. The highest BCUT2D eigenvalue weighted by atomic mass is 16.5. The number of amides is 1. The van der Waals surface area contributed by atoms with Crippen molar-refractivity contribution in [1.82, 2.24) is 10.6 Å². The normalized spacial score (nSPS) is 16.0. The Bertz CT molecular complexity index is 670. The maximum absolute atomic E-state index is 12.6. The van der Waals surface area contributed by atoms with Crippen LogP contribution in [0.3, 0.4) is 0 Å². The molecule has 0 saturated carbocycles. The van der Waals surface area contributed by atoms with Gasteiger partial charge >= 0.3 is 0 Å². The highest BCUT2D eigenvalue weighted by molar-refractivity contribution is 5.96. The summed E-state index contributed by atoms with van der Waals surface area (Å²) in [5, 5.41) is 6.20. The SMILES string of the molecule is CNCCc1ccccc1C(=O)NC1COc2ccccc21. The fourth-order valence-corrected chi connectivity index (χ4v) is 2.74. The maximum Gasteiger partial charge on any atom is 0.252 e. The van der Waals surface area contributed by atoms with Crippen LogP contribution in [0, 0.1) is 0 Å². The predicted molar refractivity (Wildman–Crippen MR) is 86.2 cm³/mol. The highest BCUT2D eigenvalue weighted by Gasteiger charge is 2.25. The van der Waals surface area contributed by atoms with Crippen molar-refractivity contribution in [3.8, 4) is 5.75 Å². The molecule has 22 heavy (non-hydrogen) atoms. The van der Waals surface area contributed by atoms with Crippen LogP contribution < -0.4 is 15.4 Å². The predicted octanol–water partition coefficient (Wildman–Crippen LogP) is 2.31. The zero-order valence-corrected chi connectivity index (χ0v) is 12.6. The van der Waals surface area contributed by atoms with Crippen molar-refractivity contribution >= 4 is 5.91 Å². The Hall–Kier alpha value is -2.33. The topological polar surface area (TPSA) is 50.4 Å². The molecule has 2 aromatic rings. The molecule has 0 bridgehead atoms. The van der Waals surface area contributed by atoms with E-state index in [2.05, 4.69) is 10.6 Å². The van der Waals surface area contributed by atoms with E-state index in [-0.39, 0.29) is 11.9 Å². The summed E-state index contributed by atoms with van der Waals surface area (Å²) in [7, 11) is 1.91. The van der Waals surface area contributed by atoms with E-state index < -0.39 is 0 Å². The first-order chi connectivity index (χ1) is 10.8. The molecule has 1 aliphatic rings. The third-order valence-corrected chi connectivity index (χ3v) is 3.91. The largest absolute Gasteiger partial charge is 0.491 e. The highest BCUT2D eigenvalue weighted by Crippen LogP contribution is 2.31. The molecule has 1 atom stereocenters. The Balaban J connectivity index is 1.76. The number of benzene rings is 2. The molecule has 1 amide bonds. The summed E-state index contributed by atoms with van der Waals surface area (Å²) in [5.41, 5.74) is 2.84. The number of ether oxygens (including phenoxy) is 1. The van der Waals surface area contributed by atoms with Crippen LogP contribution in [0.1, 0.15) is 27.5 Å². The fraction of sp³-hybridized carbons (Fsp3) is 0.278. The molecule has 114 valence electrons. The number of para-hydroxylation sites is 1. The van der Waals surface area contributed by atoms with Gasteiger partial charge in [0.25, 0.3) is 5.91 Å². The Morgan fingerprint density at radius 2 is 1.95 bits per heavy atom. The Labute approximate surface area is 130 Å². The van der Waals surface area contributed by atoms with Gasteiger partial charge in [0, 0.05) is 11.1 Å². The summed E-state index contributed by atoms with van der Waals surface area (Å²) in [6, 6.07) is 15.5. The third-order valence-electron chi connectivity index (χ3n) is 3.91. The molecule has 1 aliphatic heterocycles. The van der Waals surface area contributed by atoms with Crippen LogP contribution in [0.2, 0.25) is 0 Å². The number of carbonyl (C=O) groups excluding carboxylic acids is 1. The number of hydrogen-bond donors (Lipinski definition) is 2. The van der Waals surface area contributed by atoms with Gasteiger partial charge in [-0.05, 0) is 37.7 Å². The van der Waals surface area contributed by atoms with Crippen molar-refractivity contribution in [2.75, 3.05) is 20.2 Å². The number of likely N-dealkylation sites (N-methyl/N-ethyl adjacent to an activating group) is 1. The number of rotatable bonds is 5. The van der Waals surface area contributed by atoms with E-state index in [9.17, 15) is 4.79 Å². The van der Waals surface area contributed by atoms with Gasteiger partial charge in [0.15, 0.2) is 0 Å². The van der Waals surface area contributed by atoms with E-state index in [0.29, 0.717) is 6.61 Å². The van der Waals surface area contributed by atoms with Gasteiger partial charge in [-0.1, -0.05) is 36.4 Å². The lowest BCUT2D eigenvalue weighted by molar-refractivity contribution is 0.0929. The monoisotopic (exact) mass is 296 g/mol. The lowest BCUT2D eigenvalue weighted by Gasteiger charge is -2.14. The molecule has 0 spiro atoms. The molecule has 0 saturated heterocycles. The summed E-state index contributed by atoms with van der Waals surface area (Å²) in [6.07, 6.45) is 0.831. The maximum atomic E-state index is 12.6. The Morgan fingerprint density at radius 3 is 2.82 bits per heavy atom. The summed E-state index contributed by atoms with van der Waals surface area (Å²) < 4.78 is 5.62. The first kappa shape index (κ1) is 14.6. The average Bonchev–Trinajstić information content (AvgIpc) is 2.96. The van der Waals surface area contributed by atoms with Crippen molar-refractivity contribution in [1.29, 1.82) is 0 Å². The van der Waals surface area contributed by atoms with Crippen LogP contribution in [0.4, 0.5) is 0 Å². The first-order valence-electron chi connectivity index (χ1n) is 7.54. The molecule has 0 aliphatic carbocycles. The minimum absolute atomic E-state index is 0.0444. The van der Waals surface area contributed by atoms with E-state index in [4.69, 9.17) is 4.74 Å². The van der Waals surface area contributed by atoms with E-state index in [0.717, 1.165) is 35.4 Å². The molecule has 1 heterocycles. The van der Waals surface area contributed by atoms with Gasteiger partial charge in [-0.25, -0.2) is 0 Å². The second kappa shape index (κ2) is 6.62. The summed E-state index contributed by atoms with van der Waals surface area (Å²) in [5.74, 6) is 0.813. The van der Waals surface area contributed by atoms with Crippen LogP contribution >= 0.6 is 0 Å². The zero-order valence-electron chi connectivity index (χ0n) is 12.6. The molecule has 0 fully saturated rings. The molecular weight excluding hydrogens is 276 g/mol. The van der Waals surface area contributed by atoms with Gasteiger partial charge < -0.3 is 15.4 Å². The van der Waals surface area contributed by atoms with Crippen molar-refractivity contribution < 1.29 is 9.53 Å². The molecule has 0 radical (unpaired) electrons. The Morgan fingerprint density at radius 1 is 1.18 bits per heavy atom.